The minimum atomic E-state index is -4.86. The van der Waals surface area contributed by atoms with Gasteiger partial charge in [-0.3, -0.25) is 9.59 Å². The highest BCUT2D eigenvalue weighted by Crippen LogP contribution is 2.60. The molecule has 35 heavy (non-hydrogen) atoms. The SMILES string of the molecule is O=C(COc1ccc2c(c1)OC(F)(F)O2)NC12CC(NC(=O)c3ccc(OC(F)(F)F)cn3)(C1)C2. The van der Waals surface area contributed by atoms with Gasteiger partial charge in [0.1, 0.15) is 17.2 Å². The van der Waals surface area contributed by atoms with Gasteiger partial charge < -0.3 is 29.6 Å². The monoisotopic (exact) mass is 501 g/mol. The molecule has 2 amide bonds. The number of benzene rings is 1. The summed E-state index contributed by atoms with van der Waals surface area (Å²) in [6, 6.07) is 5.89. The van der Waals surface area contributed by atoms with Crippen molar-refractivity contribution < 1.29 is 50.5 Å². The predicted molar refractivity (Wildman–Crippen MR) is 104 cm³/mol. The van der Waals surface area contributed by atoms with E-state index in [9.17, 15) is 31.5 Å². The van der Waals surface area contributed by atoms with Crippen molar-refractivity contribution in [3.8, 4) is 23.0 Å². The number of nitrogens with zero attached hydrogens (tertiary/aromatic N) is 1. The molecule has 0 saturated heterocycles. The lowest BCUT2D eigenvalue weighted by molar-refractivity contribution is -0.286. The van der Waals surface area contributed by atoms with E-state index >= 15 is 0 Å². The van der Waals surface area contributed by atoms with Crippen LogP contribution in [-0.4, -0.2) is 47.1 Å². The Bertz CT molecular complexity index is 1170. The molecule has 14 heteroatoms. The fraction of sp³-hybridized carbons (Fsp3) is 0.381. The summed E-state index contributed by atoms with van der Waals surface area (Å²) in [6.45, 7) is -0.368. The van der Waals surface area contributed by atoms with Gasteiger partial charge in [-0.2, -0.15) is 0 Å². The molecular formula is C21H16F5N3O6. The molecule has 186 valence electrons. The number of carbonyl (C=O) groups excluding carboxylic acids is 2. The van der Waals surface area contributed by atoms with Crippen LogP contribution in [0.2, 0.25) is 0 Å². The second-order valence-electron chi connectivity index (χ2n) is 8.58. The van der Waals surface area contributed by atoms with Crippen molar-refractivity contribution in [2.45, 2.75) is 43.0 Å². The molecule has 0 spiro atoms. The zero-order valence-electron chi connectivity index (χ0n) is 17.6. The number of halogens is 5. The molecule has 1 aromatic heterocycles. The first-order valence-corrected chi connectivity index (χ1v) is 10.2. The molecule has 0 radical (unpaired) electrons. The molecule has 2 heterocycles. The quantitative estimate of drug-likeness (QED) is 0.562. The molecule has 3 saturated carbocycles. The van der Waals surface area contributed by atoms with E-state index in [0.717, 1.165) is 18.3 Å². The number of carbonyl (C=O) groups is 2. The molecule has 3 aliphatic carbocycles. The first-order valence-electron chi connectivity index (χ1n) is 10.2. The normalized spacial score (nSPS) is 25.1. The van der Waals surface area contributed by atoms with Crippen LogP contribution in [0, 0.1) is 0 Å². The number of rotatable bonds is 7. The summed E-state index contributed by atoms with van der Waals surface area (Å²) in [5, 5.41) is 5.63. The van der Waals surface area contributed by atoms with Crippen molar-refractivity contribution in [3.05, 3.63) is 42.2 Å². The summed E-state index contributed by atoms with van der Waals surface area (Å²) in [5.74, 6) is -1.74. The highest BCUT2D eigenvalue weighted by Gasteiger charge is 2.69. The fourth-order valence-corrected chi connectivity index (χ4v) is 4.57. The van der Waals surface area contributed by atoms with Gasteiger partial charge >= 0.3 is 12.7 Å². The predicted octanol–water partition coefficient (Wildman–Crippen LogP) is 2.90. The largest absolute Gasteiger partial charge is 0.586 e. The summed E-state index contributed by atoms with van der Waals surface area (Å²) in [7, 11) is 0. The number of aromatic nitrogens is 1. The van der Waals surface area contributed by atoms with E-state index in [-0.39, 0.29) is 29.5 Å². The lowest BCUT2D eigenvalue weighted by Crippen LogP contribution is -2.84. The average Bonchev–Trinajstić information content (AvgIpc) is 3.02. The number of pyridine rings is 1. The number of hydrogen-bond acceptors (Lipinski definition) is 7. The van der Waals surface area contributed by atoms with Crippen molar-refractivity contribution in [2.75, 3.05) is 6.61 Å². The number of ether oxygens (including phenoxy) is 4. The van der Waals surface area contributed by atoms with Crippen LogP contribution < -0.4 is 29.6 Å². The summed E-state index contributed by atoms with van der Waals surface area (Å²) >= 11 is 0. The zero-order chi connectivity index (χ0) is 25.1. The van der Waals surface area contributed by atoms with Crippen LogP contribution in [0.5, 0.6) is 23.0 Å². The van der Waals surface area contributed by atoms with Crippen molar-refractivity contribution in [1.29, 1.82) is 0 Å². The van der Waals surface area contributed by atoms with Gasteiger partial charge in [0.25, 0.3) is 11.8 Å². The van der Waals surface area contributed by atoms with E-state index in [0.29, 0.717) is 19.3 Å². The number of nitrogens with one attached hydrogen (secondary N) is 2. The van der Waals surface area contributed by atoms with Crippen LogP contribution >= 0.6 is 0 Å². The maximum atomic E-state index is 13.1. The smallest absolute Gasteiger partial charge is 0.484 e. The molecule has 2 aromatic rings. The van der Waals surface area contributed by atoms with Gasteiger partial charge in [-0.05, 0) is 43.5 Å². The number of hydrogen-bond donors (Lipinski definition) is 2. The van der Waals surface area contributed by atoms with E-state index in [1.807, 2.05) is 0 Å². The van der Waals surface area contributed by atoms with Gasteiger partial charge in [-0.15, -0.1) is 22.0 Å². The molecule has 0 unspecified atom stereocenters. The third kappa shape index (κ3) is 4.72. The van der Waals surface area contributed by atoms with Gasteiger partial charge in [-0.1, -0.05) is 0 Å². The number of alkyl halides is 5. The molecule has 0 atom stereocenters. The average molecular weight is 501 g/mol. The zero-order valence-corrected chi connectivity index (χ0v) is 17.6. The fourth-order valence-electron chi connectivity index (χ4n) is 4.57. The lowest BCUT2D eigenvalue weighted by atomic mass is 9.44. The molecule has 3 fully saturated rings. The Morgan fingerprint density at radius 2 is 1.63 bits per heavy atom. The molecular weight excluding hydrogens is 485 g/mol. The Hall–Kier alpha value is -3.84. The first kappa shape index (κ1) is 22.9. The van der Waals surface area contributed by atoms with Gasteiger partial charge in [0.2, 0.25) is 0 Å². The first-order chi connectivity index (χ1) is 16.3. The van der Waals surface area contributed by atoms with Gasteiger partial charge in [0.05, 0.1) is 6.20 Å². The number of amides is 2. The van der Waals surface area contributed by atoms with Crippen LogP contribution in [0.15, 0.2) is 36.5 Å². The van der Waals surface area contributed by atoms with Gasteiger partial charge in [0, 0.05) is 17.1 Å². The van der Waals surface area contributed by atoms with E-state index in [2.05, 4.69) is 29.8 Å². The molecule has 2 bridgehead atoms. The summed E-state index contributed by atoms with van der Waals surface area (Å²) in [5.41, 5.74) is -1.10. The van der Waals surface area contributed by atoms with Crippen LogP contribution in [0.3, 0.4) is 0 Å². The Balaban J connectivity index is 1.07. The third-order valence-electron chi connectivity index (χ3n) is 5.76. The molecule has 1 aromatic carbocycles. The highest BCUT2D eigenvalue weighted by molar-refractivity contribution is 5.93. The second-order valence-corrected chi connectivity index (χ2v) is 8.58. The molecule has 1 aliphatic heterocycles. The highest BCUT2D eigenvalue weighted by atomic mass is 19.4. The summed E-state index contributed by atoms with van der Waals surface area (Å²) in [6.07, 6.45) is -6.42. The molecule has 9 nitrogen and oxygen atoms in total. The number of fused-ring (bicyclic) bond motifs is 1. The standard InChI is InChI=1S/C21H16F5N3O6/c22-20(23,24)33-12-1-3-13(27-6-12)17(31)29-19-8-18(9-19,10-19)28-16(30)7-32-11-2-4-14-15(5-11)35-21(25,26)34-14/h1-6H,7-10H2,(H,28,30)(H,29,31). The van der Waals surface area contributed by atoms with E-state index in [1.54, 1.807) is 0 Å². The molecule has 2 N–H and O–H groups in total. The van der Waals surface area contributed by atoms with Crippen molar-refractivity contribution >= 4 is 11.8 Å². The maximum absolute atomic E-state index is 13.1. The third-order valence-corrected chi connectivity index (χ3v) is 5.76. The Kier molecular flexibility index (Phi) is 4.97. The lowest BCUT2D eigenvalue weighted by Gasteiger charge is -2.70. The van der Waals surface area contributed by atoms with Crippen LogP contribution in [0.25, 0.3) is 0 Å². The topological polar surface area (TPSA) is 108 Å². The van der Waals surface area contributed by atoms with E-state index in [4.69, 9.17) is 4.74 Å². The van der Waals surface area contributed by atoms with Crippen LogP contribution in [-0.2, 0) is 4.79 Å². The Labute approximate surface area is 193 Å². The van der Waals surface area contributed by atoms with E-state index < -0.39 is 41.3 Å². The molecule has 6 rings (SSSR count). The van der Waals surface area contributed by atoms with E-state index in [1.165, 1.54) is 18.2 Å². The maximum Gasteiger partial charge on any atom is 0.586 e. The Morgan fingerprint density at radius 3 is 2.29 bits per heavy atom. The summed E-state index contributed by atoms with van der Waals surface area (Å²) in [4.78, 5) is 28.3. The Morgan fingerprint density at radius 1 is 0.971 bits per heavy atom. The van der Waals surface area contributed by atoms with Crippen LogP contribution in [0.1, 0.15) is 29.8 Å². The summed E-state index contributed by atoms with van der Waals surface area (Å²) < 4.78 is 80.5. The second kappa shape index (κ2) is 7.58. The molecule has 4 aliphatic rings. The van der Waals surface area contributed by atoms with Crippen molar-refractivity contribution in [3.63, 3.8) is 0 Å². The minimum absolute atomic E-state index is 0.0720. The van der Waals surface area contributed by atoms with Crippen molar-refractivity contribution in [1.82, 2.24) is 15.6 Å². The van der Waals surface area contributed by atoms with Crippen molar-refractivity contribution in [2.24, 2.45) is 0 Å². The van der Waals surface area contributed by atoms with Gasteiger partial charge in [0.15, 0.2) is 18.1 Å². The van der Waals surface area contributed by atoms with Gasteiger partial charge in [-0.25, -0.2) is 4.98 Å². The minimum Gasteiger partial charge on any atom is -0.484 e. The van der Waals surface area contributed by atoms with Crippen LogP contribution in [0.4, 0.5) is 22.0 Å².